The van der Waals surface area contributed by atoms with Crippen molar-refractivity contribution in [2.75, 3.05) is 32.7 Å². The zero-order chi connectivity index (χ0) is 9.10. The minimum Gasteiger partial charge on any atom is -0.315 e. The highest BCUT2D eigenvalue weighted by Crippen LogP contribution is 2.11. The molecule has 0 aliphatic carbocycles. The Morgan fingerprint density at radius 3 is 3.00 bits per heavy atom. The summed E-state index contributed by atoms with van der Waals surface area (Å²) in [4.78, 5) is 2.66. The molecule has 2 unspecified atom stereocenters. The highest BCUT2D eigenvalue weighted by molar-refractivity contribution is 4.84. The van der Waals surface area contributed by atoms with Gasteiger partial charge in [-0.3, -0.25) is 4.90 Å². The van der Waals surface area contributed by atoms with Gasteiger partial charge in [-0.1, -0.05) is 0 Å². The summed E-state index contributed by atoms with van der Waals surface area (Å²) in [6.07, 6.45) is 2.65. The Balaban J connectivity index is 1.88. The minimum atomic E-state index is 0.670. The lowest BCUT2D eigenvalue weighted by Gasteiger charge is -2.28. The van der Waals surface area contributed by atoms with Crippen LogP contribution >= 0.6 is 0 Å². The molecule has 3 nitrogen and oxygen atoms in total. The normalized spacial score (nSPS) is 37.6. The first-order valence-corrected chi connectivity index (χ1v) is 5.54. The fourth-order valence-electron chi connectivity index (χ4n) is 2.42. The molecule has 0 bridgehead atoms. The average Bonchev–Trinajstić information content (AvgIpc) is 2.56. The molecule has 0 saturated carbocycles. The largest absolute Gasteiger partial charge is 0.315 e. The van der Waals surface area contributed by atoms with Gasteiger partial charge in [0.05, 0.1) is 0 Å². The van der Waals surface area contributed by atoms with Crippen molar-refractivity contribution in [3.05, 3.63) is 0 Å². The zero-order valence-corrected chi connectivity index (χ0v) is 8.55. The molecule has 2 N–H and O–H groups in total. The molecule has 2 aliphatic rings. The molecule has 13 heavy (non-hydrogen) atoms. The second-order valence-corrected chi connectivity index (χ2v) is 4.35. The van der Waals surface area contributed by atoms with Gasteiger partial charge < -0.3 is 10.6 Å². The summed E-state index contributed by atoms with van der Waals surface area (Å²) < 4.78 is 0. The van der Waals surface area contributed by atoms with E-state index < -0.39 is 0 Å². The van der Waals surface area contributed by atoms with E-state index in [0.29, 0.717) is 6.04 Å². The predicted molar refractivity (Wildman–Crippen MR) is 54.9 cm³/mol. The molecule has 2 saturated heterocycles. The Kier molecular flexibility index (Phi) is 3.19. The van der Waals surface area contributed by atoms with Crippen molar-refractivity contribution in [2.45, 2.75) is 31.8 Å². The van der Waals surface area contributed by atoms with Crippen molar-refractivity contribution in [3.8, 4) is 0 Å². The van der Waals surface area contributed by atoms with E-state index in [1.807, 2.05) is 0 Å². The smallest absolute Gasteiger partial charge is 0.0233 e. The van der Waals surface area contributed by atoms with Gasteiger partial charge in [-0.15, -0.1) is 0 Å². The lowest BCUT2D eigenvalue weighted by Crippen LogP contribution is -2.42. The van der Waals surface area contributed by atoms with Crippen LogP contribution in [0.4, 0.5) is 0 Å². The molecule has 0 aromatic heterocycles. The Labute approximate surface area is 80.9 Å². The van der Waals surface area contributed by atoms with Crippen molar-refractivity contribution >= 4 is 0 Å². The fraction of sp³-hybridized carbons (Fsp3) is 1.00. The van der Waals surface area contributed by atoms with Crippen LogP contribution in [0.5, 0.6) is 0 Å². The van der Waals surface area contributed by atoms with Crippen LogP contribution in [0.1, 0.15) is 19.8 Å². The summed E-state index contributed by atoms with van der Waals surface area (Å²) in [5.41, 5.74) is 0. The van der Waals surface area contributed by atoms with E-state index in [9.17, 15) is 0 Å². The number of nitrogens with one attached hydrogen (secondary N) is 2. The van der Waals surface area contributed by atoms with Crippen LogP contribution in [-0.4, -0.2) is 49.7 Å². The van der Waals surface area contributed by atoms with Crippen LogP contribution in [0.3, 0.4) is 0 Å². The number of hydrogen-bond acceptors (Lipinski definition) is 3. The number of hydrogen-bond donors (Lipinski definition) is 2. The molecule has 2 rings (SSSR count). The molecule has 2 heterocycles. The number of nitrogens with zero attached hydrogens (tertiary/aromatic N) is 1. The van der Waals surface area contributed by atoms with E-state index >= 15 is 0 Å². The maximum atomic E-state index is 3.54. The average molecular weight is 183 g/mol. The third kappa shape index (κ3) is 2.42. The van der Waals surface area contributed by atoms with Crippen LogP contribution < -0.4 is 10.6 Å². The van der Waals surface area contributed by atoms with Crippen LogP contribution in [0, 0.1) is 0 Å². The van der Waals surface area contributed by atoms with Crippen LogP contribution in [-0.2, 0) is 0 Å². The molecule has 0 aromatic carbocycles. The lowest BCUT2D eigenvalue weighted by molar-refractivity contribution is 0.208. The first-order valence-electron chi connectivity index (χ1n) is 5.54. The van der Waals surface area contributed by atoms with Crippen molar-refractivity contribution < 1.29 is 0 Å². The van der Waals surface area contributed by atoms with Gasteiger partial charge in [-0.25, -0.2) is 0 Å². The SMILES string of the molecule is CC1CN(C2CCNC2)CCCN1. The van der Waals surface area contributed by atoms with Gasteiger partial charge in [0.1, 0.15) is 0 Å². The van der Waals surface area contributed by atoms with E-state index in [0.717, 1.165) is 6.04 Å². The maximum absolute atomic E-state index is 3.54. The second kappa shape index (κ2) is 4.40. The molecule has 2 atom stereocenters. The van der Waals surface area contributed by atoms with Gasteiger partial charge in [-0.05, 0) is 39.4 Å². The highest BCUT2D eigenvalue weighted by Gasteiger charge is 2.24. The predicted octanol–water partition coefficient (Wildman–Crippen LogP) is 0.0321. The van der Waals surface area contributed by atoms with E-state index in [1.165, 1.54) is 45.6 Å². The topological polar surface area (TPSA) is 27.3 Å². The molecule has 0 amide bonds. The minimum absolute atomic E-state index is 0.670. The molecule has 2 aliphatic heterocycles. The Hall–Kier alpha value is -0.120. The Bertz CT molecular complexity index is 154. The van der Waals surface area contributed by atoms with Gasteiger partial charge in [-0.2, -0.15) is 0 Å². The first kappa shape index (κ1) is 9.44. The third-order valence-electron chi connectivity index (χ3n) is 3.17. The molecule has 0 aromatic rings. The van der Waals surface area contributed by atoms with Crippen LogP contribution in [0.25, 0.3) is 0 Å². The summed E-state index contributed by atoms with van der Waals surface area (Å²) in [5, 5.41) is 6.98. The number of rotatable bonds is 1. The zero-order valence-electron chi connectivity index (χ0n) is 8.55. The molecular formula is C10H21N3. The molecular weight excluding hydrogens is 162 g/mol. The quantitative estimate of drug-likeness (QED) is 0.601. The third-order valence-corrected chi connectivity index (χ3v) is 3.17. The van der Waals surface area contributed by atoms with E-state index in [4.69, 9.17) is 0 Å². The highest BCUT2D eigenvalue weighted by atomic mass is 15.2. The van der Waals surface area contributed by atoms with E-state index in [-0.39, 0.29) is 0 Å². The summed E-state index contributed by atoms with van der Waals surface area (Å²) >= 11 is 0. The van der Waals surface area contributed by atoms with Gasteiger partial charge in [0.2, 0.25) is 0 Å². The molecule has 76 valence electrons. The van der Waals surface area contributed by atoms with Gasteiger partial charge in [0.15, 0.2) is 0 Å². The van der Waals surface area contributed by atoms with Crippen molar-refractivity contribution in [2.24, 2.45) is 0 Å². The monoisotopic (exact) mass is 183 g/mol. The molecule has 0 radical (unpaired) electrons. The van der Waals surface area contributed by atoms with Gasteiger partial charge in [0.25, 0.3) is 0 Å². The van der Waals surface area contributed by atoms with Crippen molar-refractivity contribution in [1.82, 2.24) is 15.5 Å². The molecule has 0 spiro atoms. The summed E-state index contributed by atoms with van der Waals surface area (Å²) in [5.74, 6) is 0. The van der Waals surface area contributed by atoms with Crippen molar-refractivity contribution in [1.29, 1.82) is 0 Å². The van der Waals surface area contributed by atoms with E-state index in [1.54, 1.807) is 0 Å². The summed E-state index contributed by atoms with van der Waals surface area (Å²) in [7, 11) is 0. The van der Waals surface area contributed by atoms with Crippen LogP contribution in [0.2, 0.25) is 0 Å². The van der Waals surface area contributed by atoms with E-state index in [2.05, 4.69) is 22.5 Å². The standard InChI is InChI=1S/C10H21N3/c1-9-8-13(6-2-4-12-9)10-3-5-11-7-10/h9-12H,2-8H2,1H3. The fourth-order valence-corrected chi connectivity index (χ4v) is 2.42. The van der Waals surface area contributed by atoms with Crippen LogP contribution in [0.15, 0.2) is 0 Å². The summed E-state index contributed by atoms with van der Waals surface area (Å²) in [6.45, 7) is 8.41. The molecule has 3 heteroatoms. The van der Waals surface area contributed by atoms with Crippen molar-refractivity contribution in [3.63, 3.8) is 0 Å². The van der Waals surface area contributed by atoms with Gasteiger partial charge in [0, 0.05) is 25.2 Å². The molecule has 2 fully saturated rings. The lowest BCUT2D eigenvalue weighted by atomic mass is 10.2. The summed E-state index contributed by atoms with van der Waals surface area (Å²) in [6, 6.07) is 1.48. The second-order valence-electron chi connectivity index (χ2n) is 4.35. The Morgan fingerprint density at radius 1 is 1.31 bits per heavy atom. The first-order chi connectivity index (χ1) is 6.36. The van der Waals surface area contributed by atoms with Gasteiger partial charge >= 0.3 is 0 Å². The maximum Gasteiger partial charge on any atom is 0.0233 e. The Morgan fingerprint density at radius 2 is 2.23 bits per heavy atom.